The Bertz CT molecular complexity index is 226. The van der Waals surface area contributed by atoms with E-state index in [0.717, 1.165) is 19.3 Å². The van der Waals surface area contributed by atoms with Crippen molar-refractivity contribution >= 4 is 23.4 Å². The van der Waals surface area contributed by atoms with E-state index in [0.29, 0.717) is 12.8 Å². The molecular formula is C9H17ClN2O4. The first-order valence-corrected chi connectivity index (χ1v) is 5.56. The average Bonchev–Trinajstić information content (AvgIpc) is 2.31. The van der Waals surface area contributed by atoms with Gasteiger partial charge < -0.3 is 0 Å². The number of hydrogen-bond acceptors (Lipinski definition) is 4. The standard InChI is InChI=1S/C9H17ClN2O4/c10-7(9(14)12-16)5-3-1-2-4-6-8(13)11-15/h7,15-16H,1-6H2,(H,11,13)(H,12,14). The van der Waals surface area contributed by atoms with E-state index in [9.17, 15) is 9.59 Å². The summed E-state index contributed by atoms with van der Waals surface area (Å²) in [7, 11) is 0. The van der Waals surface area contributed by atoms with E-state index in [4.69, 9.17) is 22.0 Å². The Kier molecular flexibility index (Phi) is 8.88. The maximum absolute atomic E-state index is 10.8. The minimum absolute atomic E-state index is 0.290. The molecule has 0 aromatic rings. The van der Waals surface area contributed by atoms with Gasteiger partial charge in [0, 0.05) is 6.42 Å². The van der Waals surface area contributed by atoms with E-state index in [1.54, 1.807) is 5.48 Å². The lowest BCUT2D eigenvalue weighted by molar-refractivity contribution is -0.129. The van der Waals surface area contributed by atoms with Gasteiger partial charge in [-0.1, -0.05) is 19.3 Å². The maximum atomic E-state index is 10.8. The van der Waals surface area contributed by atoms with Gasteiger partial charge in [0.2, 0.25) is 5.91 Å². The van der Waals surface area contributed by atoms with Crippen LogP contribution in [0.25, 0.3) is 0 Å². The Morgan fingerprint density at radius 2 is 1.69 bits per heavy atom. The van der Waals surface area contributed by atoms with Gasteiger partial charge in [-0.25, -0.2) is 11.0 Å². The molecule has 1 unspecified atom stereocenters. The molecule has 7 heteroatoms. The number of amides is 2. The number of hydroxylamine groups is 2. The molecule has 0 aliphatic rings. The Labute approximate surface area is 98.9 Å². The van der Waals surface area contributed by atoms with Crippen LogP contribution in [0.5, 0.6) is 0 Å². The van der Waals surface area contributed by atoms with Crippen LogP contribution in [0.4, 0.5) is 0 Å². The van der Waals surface area contributed by atoms with Crippen molar-refractivity contribution in [1.29, 1.82) is 0 Å². The summed E-state index contributed by atoms with van der Waals surface area (Å²) in [6, 6.07) is 0. The summed E-state index contributed by atoms with van der Waals surface area (Å²) in [5.74, 6) is -0.990. The zero-order chi connectivity index (χ0) is 12.4. The van der Waals surface area contributed by atoms with Crippen molar-refractivity contribution in [3.8, 4) is 0 Å². The van der Waals surface area contributed by atoms with E-state index in [1.165, 1.54) is 5.48 Å². The van der Waals surface area contributed by atoms with Crippen molar-refractivity contribution < 1.29 is 20.0 Å². The summed E-state index contributed by atoms with van der Waals surface area (Å²) in [6.45, 7) is 0. The molecule has 2 amide bonds. The molecule has 0 bridgehead atoms. The van der Waals surface area contributed by atoms with Crippen molar-refractivity contribution in [2.75, 3.05) is 0 Å². The van der Waals surface area contributed by atoms with Crippen LogP contribution in [0.2, 0.25) is 0 Å². The topological polar surface area (TPSA) is 98.7 Å². The van der Waals surface area contributed by atoms with E-state index in [1.807, 2.05) is 0 Å². The van der Waals surface area contributed by atoms with Gasteiger partial charge in [-0.2, -0.15) is 0 Å². The molecule has 0 aliphatic heterocycles. The lowest BCUT2D eigenvalue weighted by Crippen LogP contribution is -2.28. The average molecular weight is 253 g/mol. The fourth-order valence-electron chi connectivity index (χ4n) is 1.22. The van der Waals surface area contributed by atoms with Crippen LogP contribution in [0.15, 0.2) is 0 Å². The predicted molar refractivity (Wildman–Crippen MR) is 57.2 cm³/mol. The highest BCUT2D eigenvalue weighted by atomic mass is 35.5. The number of hydrogen-bond donors (Lipinski definition) is 4. The number of carbonyl (C=O) groups excluding carboxylic acids is 2. The van der Waals surface area contributed by atoms with Gasteiger partial charge in [-0.3, -0.25) is 20.0 Å². The second kappa shape index (κ2) is 9.38. The maximum Gasteiger partial charge on any atom is 0.261 e. The molecule has 0 aromatic carbocycles. The van der Waals surface area contributed by atoms with Gasteiger partial charge in [0.25, 0.3) is 5.91 Å². The van der Waals surface area contributed by atoms with Crippen LogP contribution in [-0.2, 0) is 9.59 Å². The number of halogens is 1. The van der Waals surface area contributed by atoms with Crippen LogP contribution in [-0.4, -0.2) is 27.6 Å². The summed E-state index contributed by atoms with van der Waals surface area (Å²) in [5.41, 5.74) is 3.04. The first kappa shape index (κ1) is 15.2. The Morgan fingerprint density at radius 3 is 2.25 bits per heavy atom. The van der Waals surface area contributed by atoms with Gasteiger partial charge in [0.1, 0.15) is 5.38 Å². The Morgan fingerprint density at radius 1 is 1.06 bits per heavy atom. The van der Waals surface area contributed by atoms with Gasteiger partial charge in [0.05, 0.1) is 0 Å². The van der Waals surface area contributed by atoms with Crippen molar-refractivity contribution in [2.45, 2.75) is 43.9 Å². The van der Waals surface area contributed by atoms with Gasteiger partial charge >= 0.3 is 0 Å². The molecule has 0 rings (SSSR count). The summed E-state index contributed by atoms with van der Waals surface area (Å²) in [5, 5.41) is 15.8. The monoisotopic (exact) mass is 252 g/mol. The first-order valence-electron chi connectivity index (χ1n) is 5.12. The molecule has 0 aromatic heterocycles. The fourth-order valence-corrected chi connectivity index (χ4v) is 1.42. The smallest absolute Gasteiger partial charge is 0.261 e. The molecule has 0 saturated heterocycles. The Balaban J connectivity index is 3.33. The SMILES string of the molecule is O=C(CCCCCCC(Cl)C(=O)NO)NO. The number of unbranched alkanes of at least 4 members (excludes halogenated alkanes) is 3. The van der Waals surface area contributed by atoms with Crippen LogP contribution in [0, 0.1) is 0 Å². The zero-order valence-corrected chi connectivity index (χ0v) is 9.66. The molecule has 1 atom stereocenters. The zero-order valence-electron chi connectivity index (χ0n) is 8.91. The lowest BCUT2D eigenvalue weighted by atomic mass is 10.1. The summed E-state index contributed by atoms with van der Waals surface area (Å²) < 4.78 is 0. The van der Waals surface area contributed by atoms with Crippen molar-refractivity contribution in [2.24, 2.45) is 0 Å². The molecule has 0 aliphatic carbocycles. The van der Waals surface area contributed by atoms with Crippen LogP contribution >= 0.6 is 11.6 Å². The van der Waals surface area contributed by atoms with Gasteiger partial charge in [-0.05, 0) is 12.8 Å². The third kappa shape index (κ3) is 7.44. The highest BCUT2D eigenvalue weighted by Gasteiger charge is 2.13. The van der Waals surface area contributed by atoms with Crippen molar-refractivity contribution in [1.82, 2.24) is 11.0 Å². The minimum Gasteiger partial charge on any atom is -0.289 e. The van der Waals surface area contributed by atoms with E-state index < -0.39 is 17.2 Å². The second-order valence-electron chi connectivity index (χ2n) is 3.43. The molecule has 0 radical (unpaired) electrons. The van der Waals surface area contributed by atoms with Gasteiger partial charge in [0.15, 0.2) is 0 Å². The highest BCUT2D eigenvalue weighted by Crippen LogP contribution is 2.11. The molecule has 0 saturated carbocycles. The van der Waals surface area contributed by atoms with Crippen LogP contribution in [0.1, 0.15) is 38.5 Å². The number of rotatable bonds is 8. The van der Waals surface area contributed by atoms with Crippen molar-refractivity contribution in [3.63, 3.8) is 0 Å². The largest absolute Gasteiger partial charge is 0.289 e. The molecule has 94 valence electrons. The summed E-state index contributed by atoms with van der Waals surface area (Å²) >= 11 is 5.65. The molecule has 6 nitrogen and oxygen atoms in total. The third-order valence-electron chi connectivity index (χ3n) is 2.13. The van der Waals surface area contributed by atoms with Gasteiger partial charge in [-0.15, -0.1) is 11.6 Å². The van der Waals surface area contributed by atoms with E-state index >= 15 is 0 Å². The second-order valence-corrected chi connectivity index (χ2v) is 3.96. The highest BCUT2D eigenvalue weighted by molar-refractivity contribution is 6.30. The molecule has 4 N–H and O–H groups in total. The molecule has 0 spiro atoms. The molecule has 0 fully saturated rings. The fraction of sp³-hybridized carbons (Fsp3) is 0.778. The number of nitrogens with one attached hydrogen (secondary N) is 2. The number of alkyl halides is 1. The minimum atomic E-state index is -0.717. The number of carbonyl (C=O) groups is 2. The molecule has 16 heavy (non-hydrogen) atoms. The summed E-state index contributed by atoms with van der Waals surface area (Å²) in [4.78, 5) is 21.4. The van der Waals surface area contributed by atoms with E-state index in [-0.39, 0.29) is 6.42 Å². The van der Waals surface area contributed by atoms with Crippen LogP contribution < -0.4 is 11.0 Å². The Hall–Kier alpha value is -0.850. The molecular weight excluding hydrogens is 236 g/mol. The van der Waals surface area contributed by atoms with Crippen molar-refractivity contribution in [3.05, 3.63) is 0 Å². The quantitative estimate of drug-likeness (QED) is 0.224. The third-order valence-corrected chi connectivity index (χ3v) is 2.55. The van der Waals surface area contributed by atoms with E-state index in [2.05, 4.69) is 0 Å². The van der Waals surface area contributed by atoms with Crippen LogP contribution in [0.3, 0.4) is 0 Å². The summed E-state index contributed by atoms with van der Waals surface area (Å²) in [6.07, 6.45) is 3.89. The molecule has 0 heterocycles. The normalized spacial score (nSPS) is 11.9. The predicted octanol–water partition coefficient (Wildman–Crippen LogP) is 0.945. The lowest BCUT2D eigenvalue weighted by Gasteiger charge is -2.06. The first-order chi connectivity index (χ1) is 7.61.